The van der Waals surface area contributed by atoms with Crippen molar-refractivity contribution in [3.05, 3.63) is 59.2 Å². The van der Waals surface area contributed by atoms with Crippen LogP contribution < -0.4 is 4.74 Å². The van der Waals surface area contributed by atoms with Gasteiger partial charge in [-0.1, -0.05) is 31.2 Å². The molecule has 0 saturated carbocycles. The van der Waals surface area contributed by atoms with Crippen molar-refractivity contribution in [2.45, 2.75) is 13.3 Å². The minimum absolute atomic E-state index is 0.100. The second-order valence-corrected chi connectivity index (χ2v) is 4.84. The van der Waals surface area contributed by atoms with E-state index in [1.54, 1.807) is 42.5 Å². The molecule has 2 rings (SSSR count). The molecule has 0 fully saturated rings. The van der Waals surface area contributed by atoms with Gasteiger partial charge in [-0.25, -0.2) is 4.79 Å². The molecule has 2 aromatic carbocycles. The van der Waals surface area contributed by atoms with E-state index in [2.05, 4.69) is 0 Å². The summed E-state index contributed by atoms with van der Waals surface area (Å²) in [6.45, 7) is 2.04. The highest BCUT2D eigenvalue weighted by atomic mass is 16.5. The number of aromatic hydroxyl groups is 1. The van der Waals surface area contributed by atoms with E-state index in [0.717, 1.165) is 23.1 Å². The van der Waals surface area contributed by atoms with Crippen LogP contribution in [0.5, 0.6) is 11.5 Å². The maximum absolute atomic E-state index is 10.9. The zero-order chi connectivity index (χ0) is 16.1. The van der Waals surface area contributed by atoms with Crippen molar-refractivity contribution >= 4 is 17.6 Å². The van der Waals surface area contributed by atoms with Gasteiger partial charge in [-0.05, 0) is 47.4 Å². The fourth-order valence-electron chi connectivity index (χ4n) is 2.20. The molecule has 0 aliphatic rings. The second kappa shape index (κ2) is 6.80. The minimum atomic E-state index is -0.933. The monoisotopic (exact) mass is 298 g/mol. The number of aromatic carboxylic acids is 1. The highest BCUT2D eigenvalue weighted by Crippen LogP contribution is 2.29. The Bertz CT molecular complexity index is 700. The first-order chi connectivity index (χ1) is 10.5. The van der Waals surface area contributed by atoms with Crippen molar-refractivity contribution in [1.29, 1.82) is 0 Å². The summed E-state index contributed by atoms with van der Waals surface area (Å²) in [5.74, 6) is -0.411. The fraction of sp³-hybridized carbons (Fsp3) is 0.167. The number of allylic oxidation sites excluding steroid dienone is 1. The average Bonchev–Trinajstić information content (AvgIpc) is 2.54. The fourth-order valence-corrected chi connectivity index (χ4v) is 2.20. The quantitative estimate of drug-likeness (QED) is 0.817. The smallest absolute Gasteiger partial charge is 0.335 e. The van der Waals surface area contributed by atoms with Crippen LogP contribution in [0.1, 0.15) is 34.8 Å². The van der Waals surface area contributed by atoms with Gasteiger partial charge in [-0.15, -0.1) is 0 Å². The number of benzene rings is 2. The summed E-state index contributed by atoms with van der Waals surface area (Å²) in [5, 5.41) is 18.6. The number of rotatable bonds is 5. The van der Waals surface area contributed by atoms with E-state index in [1.165, 1.54) is 7.11 Å². The van der Waals surface area contributed by atoms with Crippen LogP contribution in [0, 0.1) is 0 Å². The van der Waals surface area contributed by atoms with Crippen molar-refractivity contribution in [2.75, 3.05) is 7.11 Å². The molecular weight excluding hydrogens is 280 g/mol. The molecule has 2 aromatic rings. The maximum Gasteiger partial charge on any atom is 0.335 e. The van der Waals surface area contributed by atoms with E-state index < -0.39 is 5.97 Å². The number of phenols is 1. The van der Waals surface area contributed by atoms with E-state index in [0.29, 0.717) is 5.75 Å². The Kier molecular flexibility index (Phi) is 4.84. The lowest BCUT2D eigenvalue weighted by Crippen LogP contribution is -1.95. The largest absolute Gasteiger partial charge is 0.504 e. The third-order valence-corrected chi connectivity index (χ3v) is 3.43. The van der Waals surface area contributed by atoms with Crippen LogP contribution in [-0.4, -0.2) is 23.3 Å². The van der Waals surface area contributed by atoms with Gasteiger partial charge in [0, 0.05) is 0 Å². The van der Waals surface area contributed by atoms with Crippen molar-refractivity contribution in [3.8, 4) is 11.5 Å². The highest BCUT2D eigenvalue weighted by molar-refractivity contribution is 5.89. The van der Waals surface area contributed by atoms with Gasteiger partial charge in [0.2, 0.25) is 0 Å². The number of carbonyl (C=O) groups is 1. The molecule has 0 amide bonds. The Labute approximate surface area is 129 Å². The van der Waals surface area contributed by atoms with Crippen LogP contribution in [0.25, 0.3) is 11.6 Å². The molecule has 0 aromatic heterocycles. The van der Waals surface area contributed by atoms with Crippen LogP contribution in [0.3, 0.4) is 0 Å². The van der Waals surface area contributed by atoms with Crippen molar-refractivity contribution in [2.24, 2.45) is 0 Å². The summed E-state index contributed by atoms with van der Waals surface area (Å²) in [7, 11) is 1.51. The highest BCUT2D eigenvalue weighted by Gasteiger charge is 2.06. The molecule has 0 heterocycles. The Morgan fingerprint density at radius 1 is 1.14 bits per heavy atom. The van der Waals surface area contributed by atoms with Crippen LogP contribution in [-0.2, 0) is 0 Å². The van der Waals surface area contributed by atoms with Gasteiger partial charge in [0.15, 0.2) is 11.5 Å². The lowest BCUT2D eigenvalue weighted by Gasteiger charge is -2.08. The molecule has 0 atom stereocenters. The molecule has 0 radical (unpaired) electrons. The first-order valence-electron chi connectivity index (χ1n) is 6.96. The van der Waals surface area contributed by atoms with Crippen molar-refractivity contribution < 1.29 is 19.7 Å². The maximum atomic E-state index is 10.9. The molecule has 4 nitrogen and oxygen atoms in total. The number of carboxylic acid groups (broad SMARTS) is 1. The molecule has 0 aliphatic heterocycles. The van der Waals surface area contributed by atoms with E-state index in [-0.39, 0.29) is 11.3 Å². The summed E-state index contributed by atoms with van der Waals surface area (Å²) in [6.07, 6.45) is 2.80. The van der Waals surface area contributed by atoms with Gasteiger partial charge in [0.05, 0.1) is 12.7 Å². The van der Waals surface area contributed by atoms with E-state index >= 15 is 0 Å². The van der Waals surface area contributed by atoms with Crippen molar-refractivity contribution in [3.63, 3.8) is 0 Å². The van der Waals surface area contributed by atoms with Gasteiger partial charge in [0.1, 0.15) is 0 Å². The first-order valence-corrected chi connectivity index (χ1v) is 6.96. The second-order valence-electron chi connectivity index (χ2n) is 4.84. The average molecular weight is 298 g/mol. The third kappa shape index (κ3) is 3.47. The van der Waals surface area contributed by atoms with Crippen molar-refractivity contribution in [1.82, 2.24) is 0 Å². The van der Waals surface area contributed by atoms with Gasteiger partial charge >= 0.3 is 5.97 Å². The van der Waals surface area contributed by atoms with Gasteiger partial charge in [0.25, 0.3) is 0 Å². The lowest BCUT2D eigenvalue weighted by atomic mass is 9.99. The number of hydrogen-bond acceptors (Lipinski definition) is 3. The SMILES string of the molecule is CCC(=Cc1ccc(O)c(OC)c1)c1ccc(C(=O)O)cc1. The normalized spacial score (nSPS) is 11.3. The predicted octanol–water partition coefficient (Wildman–Crippen LogP) is 4.05. The topological polar surface area (TPSA) is 66.8 Å². The molecule has 114 valence electrons. The first kappa shape index (κ1) is 15.6. The number of ether oxygens (including phenoxy) is 1. The minimum Gasteiger partial charge on any atom is -0.504 e. The molecular formula is C18H18O4. The van der Waals surface area contributed by atoms with Crippen LogP contribution in [0.2, 0.25) is 0 Å². The summed E-state index contributed by atoms with van der Waals surface area (Å²) in [6, 6.07) is 11.9. The molecule has 0 unspecified atom stereocenters. The predicted molar refractivity (Wildman–Crippen MR) is 86.2 cm³/mol. The number of hydrogen-bond donors (Lipinski definition) is 2. The zero-order valence-electron chi connectivity index (χ0n) is 12.5. The lowest BCUT2D eigenvalue weighted by molar-refractivity contribution is 0.0697. The van der Waals surface area contributed by atoms with E-state index in [9.17, 15) is 9.90 Å². The van der Waals surface area contributed by atoms with E-state index in [1.807, 2.05) is 13.0 Å². The number of carboxylic acids is 1. The van der Waals surface area contributed by atoms with Gasteiger partial charge in [-0.3, -0.25) is 0 Å². The summed E-state index contributed by atoms with van der Waals surface area (Å²) >= 11 is 0. The zero-order valence-corrected chi connectivity index (χ0v) is 12.5. The van der Waals surface area contributed by atoms with Crippen LogP contribution in [0.4, 0.5) is 0 Å². The molecule has 2 N–H and O–H groups in total. The standard InChI is InChI=1S/C18H18O4/c1-3-13(14-5-7-15(8-6-14)18(20)21)10-12-4-9-16(19)17(11-12)22-2/h4-11,19H,3H2,1-2H3,(H,20,21). The van der Waals surface area contributed by atoms with E-state index in [4.69, 9.17) is 9.84 Å². The van der Waals surface area contributed by atoms with Gasteiger partial charge < -0.3 is 14.9 Å². The number of methoxy groups -OCH3 is 1. The Hall–Kier alpha value is -2.75. The summed E-state index contributed by atoms with van der Waals surface area (Å²) in [5.41, 5.74) is 3.23. The number of phenolic OH excluding ortho intramolecular Hbond substituents is 1. The van der Waals surface area contributed by atoms with Crippen LogP contribution in [0.15, 0.2) is 42.5 Å². The van der Waals surface area contributed by atoms with Crippen LogP contribution >= 0.6 is 0 Å². The molecule has 0 aliphatic carbocycles. The molecule has 4 heteroatoms. The summed E-state index contributed by atoms with van der Waals surface area (Å²) in [4.78, 5) is 10.9. The Morgan fingerprint density at radius 2 is 1.77 bits per heavy atom. The molecule has 22 heavy (non-hydrogen) atoms. The molecule has 0 bridgehead atoms. The Balaban J connectivity index is 2.36. The molecule has 0 saturated heterocycles. The van der Waals surface area contributed by atoms with Gasteiger partial charge in [-0.2, -0.15) is 0 Å². The summed E-state index contributed by atoms with van der Waals surface area (Å²) < 4.78 is 5.10. The Morgan fingerprint density at radius 3 is 2.32 bits per heavy atom. The molecule has 0 spiro atoms. The third-order valence-electron chi connectivity index (χ3n) is 3.43.